The van der Waals surface area contributed by atoms with Gasteiger partial charge in [0.05, 0.1) is 4.99 Å². The lowest BCUT2D eigenvalue weighted by atomic mass is 10.1. The molecule has 98 valence electrons. The lowest BCUT2D eigenvalue weighted by Gasteiger charge is -2.21. The monoisotopic (exact) mass is 270 g/mol. The number of carbonyl (C=O) groups is 1. The van der Waals surface area contributed by atoms with Crippen molar-refractivity contribution in [1.29, 1.82) is 0 Å². The fraction of sp³-hybridized carbons (Fsp3) is 0.333. The zero-order valence-electron chi connectivity index (χ0n) is 10.2. The van der Waals surface area contributed by atoms with Gasteiger partial charge in [-0.15, -0.1) is 0 Å². The van der Waals surface area contributed by atoms with Crippen LogP contribution >= 0.6 is 12.2 Å². The summed E-state index contributed by atoms with van der Waals surface area (Å²) in [4.78, 5) is 13.6. The Morgan fingerprint density at radius 2 is 2.22 bits per heavy atom. The lowest BCUT2D eigenvalue weighted by molar-refractivity contribution is 0.0779. The molecule has 0 spiro atoms. The van der Waals surface area contributed by atoms with E-state index >= 15 is 0 Å². The van der Waals surface area contributed by atoms with Crippen molar-refractivity contribution in [2.75, 3.05) is 13.6 Å². The highest BCUT2D eigenvalue weighted by molar-refractivity contribution is 7.80. The maximum atomic E-state index is 13.5. The molecule has 1 atom stereocenters. The van der Waals surface area contributed by atoms with Gasteiger partial charge >= 0.3 is 0 Å². The molecular formula is C12H15FN2O2S. The molecular weight excluding hydrogens is 255 g/mol. The predicted octanol–water partition coefficient (Wildman–Crippen LogP) is 1.53. The zero-order valence-corrected chi connectivity index (χ0v) is 11.0. The largest absolute Gasteiger partial charge is 0.507 e. The summed E-state index contributed by atoms with van der Waals surface area (Å²) in [5.74, 6) is -1.92. The van der Waals surface area contributed by atoms with E-state index in [1.54, 1.807) is 6.92 Å². The minimum atomic E-state index is -0.755. The Morgan fingerprint density at radius 1 is 1.61 bits per heavy atom. The predicted molar refractivity (Wildman–Crippen MR) is 71.0 cm³/mol. The summed E-state index contributed by atoms with van der Waals surface area (Å²) in [5, 5.41) is 9.52. The molecule has 0 aliphatic heterocycles. The molecule has 0 radical (unpaired) electrons. The molecule has 0 heterocycles. The van der Waals surface area contributed by atoms with E-state index in [9.17, 15) is 14.3 Å². The molecule has 1 aromatic rings. The van der Waals surface area contributed by atoms with Crippen LogP contribution in [0.3, 0.4) is 0 Å². The van der Waals surface area contributed by atoms with E-state index in [0.717, 1.165) is 6.07 Å². The van der Waals surface area contributed by atoms with Crippen LogP contribution in [0.1, 0.15) is 17.3 Å². The van der Waals surface area contributed by atoms with Crippen LogP contribution in [0.15, 0.2) is 18.2 Å². The van der Waals surface area contributed by atoms with Crippen molar-refractivity contribution in [1.82, 2.24) is 4.90 Å². The summed E-state index contributed by atoms with van der Waals surface area (Å²) in [5.41, 5.74) is 5.12. The van der Waals surface area contributed by atoms with Crippen LogP contribution in [0, 0.1) is 11.7 Å². The van der Waals surface area contributed by atoms with Gasteiger partial charge in [-0.2, -0.15) is 0 Å². The fourth-order valence-corrected chi connectivity index (χ4v) is 1.57. The number of carbonyl (C=O) groups excluding carboxylic acids is 1. The normalized spacial score (nSPS) is 11.9. The third-order valence-electron chi connectivity index (χ3n) is 2.59. The van der Waals surface area contributed by atoms with Crippen LogP contribution in [0.5, 0.6) is 5.75 Å². The maximum absolute atomic E-state index is 13.5. The second-order valence-corrected chi connectivity index (χ2v) is 4.59. The van der Waals surface area contributed by atoms with Gasteiger partial charge in [-0.1, -0.05) is 25.2 Å². The van der Waals surface area contributed by atoms with Crippen molar-refractivity contribution in [3.05, 3.63) is 29.6 Å². The van der Waals surface area contributed by atoms with E-state index in [-0.39, 0.29) is 28.8 Å². The fourth-order valence-electron chi connectivity index (χ4n) is 1.50. The molecule has 0 aliphatic rings. The molecule has 0 saturated carbocycles. The van der Waals surface area contributed by atoms with Gasteiger partial charge in [0.15, 0.2) is 0 Å². The van der Waals surface area contributed by atoms with Gasteiger partial charge in [0.25, 0.3) is 5.91 Å². The Hall–Kier alpha value is -1.69. The Kier molecular flexibility index (Phi) is 4.61. The number of halogens is 1. The van der Waals surface area contributed by atoms with Gasteiger partial charge in [0.1, 0.15) is 17.1 Å². The van der Waals surface area contributed by atoms with Crippen molar-refractivity contribution < 1.29 is 14.3 Å². The van der Waals surface area contributed by atoms with Crippen molar-refractivity contribution in [3.63, 3.8) is 0 Å². The third-order valence-corrected chi connectivity index (χ3v) is 2.99. The molecule has 4 nitrogen and oxygen atoms in total. The first-order valence-electron chi connectivity index (χ1n) is 5.36. The number of hydrogen-bond acceptors (Lipinski definition) is 3. The van der Waals surface area contributed by atoms with Crippen molar-refractivity contribution in [3.8, 4) is 5.75 Å². The van der Waals surface area contributed by atoms with Crippen LogP contribution in [0.25, 0.3) is 0 Å². The number of hydrogen-bond donors (Lipinski definition) is 2. The Labute approximate surface area is 110 Å². The second-order valence-electron chi connectivity index (χ2n) is 4.12. The van der Waals surface area contributed by atoms with Crippen molar-refractivity contribution in [2.45, 2.75) is 6.92 Å². The number of benzene rings is 1. The molecule has 0 aromatic heterocycles. The smallest absolute Gasteiger partial charge is 0.260 e. The molecule has 0 aliphatic carbocycles. The van der Waals surface area contributed by atoms with E-state index in [4.69, 9.17) is 18.0 Å². The van der Waals surface area contributed by atoms with Crippen LogP contribution in [-0.4, -0.2) is 34.5 Å². The molecule has 1 amide bonds. The first-order chi connectivity index (χ1) is 8.34. The van der Waals surface area contributed by atoms with Crippen LogP contribution < -0.4 is 5.73 Å². The Balaban J connectivity index is 2.90. The molecule has 18 heavy (non-hydrogen) atoms. The number of phenols is 1. The first-order valence-corrected chi connectivity index (χ1v) is 5.77. The van der Waals surface area contributed by atoms with E-state index in [1.807, 2.05) is 0 Å². The van der Waals surface area contributed by atoms with Gasteiger partial charge in [-0.05, 0) is 12.1 Å². The molecule has 0 fully saturated rings. The summed E-state index contributed by atoms with van der Waals surface area (Å²) in [7, 11) is 1.50. The molecule has 3 N–H and O–H groups in total. The third kappa shape index (κ3) is 3.16. The van der Waals surface area contributed by atoms with Gasteiger partial charge in [-0.25, -0.2) is 4.39 Å². The highest BCUT2D eigenvalue weighted by atomic mass is 32.1. The average molecular weight is 270 g/mol. The Bertz CT molecular complexity index is 459. The molecule has 1 aromatic carbocycles. The van der Waals surface area contributed by atoms with E-state index < -0.39 is 11.7 Å². The molecule has 0 saturated heterocycles. The SMILES string of the molecule is CC(CN(C)C(=O)c1c(O)cccc1F)C(N)=S. The molecule has 1 rings (SSSR count). The number of nitrogens with two attached hydrogens (primary N) is 1. The van der Waals surface area contributed by atoms with E-state index in [1.165, 1.54) is 24.1 Å². The van der Waals surface area contributed by atoms with Crippen LogP contribution in [0.4, 0.5) is 4.39 Å². The lowest BCUT2D eigenvalue weighted by Crippen LogP contribution is -2.35. The van der Waals surface area contributed by atoms with E-state index in [0.29, 0.717) is 0 Å². The van der Waals surface area contributed by atoms with E-state index in [2.05, 4.69) is 0 Å². The van der Waals surface area contributed by atoms with Gasteiger partial charge in [-0.3, -0.25) is 4.79 Å². The number of rotatable bonds is 4. The minimum Gasteiger partial charge on any atom is -0.507 e. The summed E-state index contributed by atoms with van der Waals surface area (Å²) in [6.07, 6.45) is 0. The standard InChI is InChI=1S/C12H15FN2O2S/c1-7(11(14)18)6-15(2)12(17)10-8(13)4-3-5-9(10)16/h3-5,7,16H,6H2,1-2H3,(H2,14,18). The van der Waals surface area contributed by atoms with Crippen molar-refractivity contribution in [2.24, 2.45) is 11.7 Å². The Morgan fingerprint density at radius 3 is 2.72 bits per heavy atom. The number of nitrogens with zero attached hydrogens (tertiary/aromatic N) is 1. The summed E-state index contributed by atoms with van der Waals surface area (Å²) in [6, 6.07) is 3.72. The number of aromatic hydroxyl groups is 1. The minimum absolute atomic E-state index is 0.178. The highest BCUT2D eigenvalue weighted by Crippen LogP contribution is 2.21. The van der Waals surface area contributed by atoms with Gasteiger partial charge < -0.3 is 15.7 Å². The van der Waals surface area contributed by atoms with Gasteiger partial charge in [0.2, 0.25) is 0 Å². The second kappa shape index (κ2) is 5.77. The van der Waals surface area contributed by atoms with Gasteiger partial charge in [0, 0.05) is 19.5 Å². The summed E-state index contributed by atoms with van der Waals surface area (Å²) in [6.45, 7) is 2.04. The molecule has 0 bridgehead atoms. The number of thiocarbonyl (C=S) groups is 1. The summed E-state index contributed by atoms with van der Waals surface area (Å²) < 4.78 is 13.5. The highest BCUT2D eigenvalue weighted by Gasteiger charge is 2.21. The average Bonchev–Trinajstić information content (AvgIpc) is 2.28. The maximum Gasteiger partial charge on any atom is 0.260 e. The first kappa shape index (κ1) is 14.4. The number of phenolic OH excluding ortho intramolecular Hbond substituents is 1. The summed E-state index contributed by atoms with van der Waals surface area (Å²) >= 11 is 4.81. The van der Waals surface area contributed by atoms with Crippen LogP contribution in [0.2, 0.25) is 0 Å². The van der Waals surface area contributed by atoms with Crippen LogP contribution in [-0.2, 0) is 0 Å². The quantitative estimate of drug-likeness (QED) is 0.814. The molecule has 1 unspecified atom stereocenters. The zero-order chi connectivity index (χ0) is 13.9. The van der Waals surface area contributed by atoms with Crippen molar-refractivity contribution >= 4 is 23.1 Å². The number of amides is 1. The topological polar surface area (TPSA) is 66.6 Å². The molecule has 6 heteroatoms.